The van der Waals surface area contributed by atoms with E-state index < -0.39 is 11.2 Å². The van der Waals surface area contributed by atoms with E-state index >= 15 is 0 Å². The van der Waals surface area contributed by atoms with Crippen LogP contribution in [0.1, 0.15) is 13.8 Å². The van der Waals surface area contributed by atoms with Gasteiger partial charge in [-0.05, 0) is 22.9 Å². The maximum absolute atomic E-state index is 11.1. The molecule has 0 radical (unpaired) electrons. The van der Waals surface area contributed by atoms with Gasteiger partial charge in [-0.15, -0.1) is 0 Å². The fourth-order valence-corrected chi connectivity index (χ4v) is 5.84. The van der Waals surface area contributed by atoms with E-state index in [4.69, 9.17) is 0 Å². The van der Waals surface area contributed by atoms with E-state index in [2.05, 4.69) is 13.8 Å². The van der Waals surface area contributed by atoms with Crippen LogP contribution in [-0.4, -0.2) is 13.7 Å². The van der Waals surface area contributed by atoms with E-state index in [1.165, 1.54) is 0 Å². The van der Waals surface area contributed by atoms with Crippen molar-refractivity contribution in [1.82, 2.24) is 0 Å². The highest BCUT2D eigenvalue weighted by Gasteiger charge is 2.61. The van der Waals surface area contributed by atoms with Crippen LogP contribution in [0.25, 0.3) is 0 Å². The highest BCUT2D eigenvalue weighted by Crippen LogP contribution is 2.58. The fraction of sp³-hybridized carbons (Fsp3) is 1.00. The molecular formula is C6H10OS2. The third kappa shape index (κ3) is 0.632. The van der Waals surface area contributed by atoms with Gasteiger partial charge in [0.2, 0.25) is 0 Å². The molecule has 3 saturated heterocycles. The van der Waals surface area contributed by atoms with Gasteiger partial charge in [-0.1, -0.05) is 13.8 Å². The molecule has 0 spiro atoms. The van der Waals surface area contributed by atoms with Crippen LogP contribution in [0.5, 0.6) is 0 Å². The Morgan fingerprint density at radius 2 is 1.67 bits per heavy atom. The second kappa shape index (κ2) is 1.83. The second-order valence-corrected chi connectivity index (χ2v) is 6.48. The summed E-state index contributed by atoms with van der Waals surface area (Å²) in [5, 5.41) is 0. The van der Waals surface area contributed by atoms with Gasteiger partial charge in [0.1, 0.15) is 0 Å². The van der Waals surface area contributed by atoms with Crippen LogP contribution in [0, 0.1) is 11.8 Å². The van der Waals surface area contributed by atoms with E-state index in [-0.39, 0.29) is 0 Å². The van der Waals surface area contributed by atoms with Gasteiger partial charge >= 0.3 is 0 Å². The SMILES string of the molecule is C[C@@H]1[C@H](C)[C@H]2S[C@@H]1[S+]2[O-]. The summed E-state index contributed by atoms with van der Waals surface area (Å²) in [6.07, 6.45) is 0. The van der Waals surface area contributed by atoms with Crippen molar-refractivity contribution in [2.75, 3.05) is 0 Å². The summed E-state index contributed by atoms with van der Waals surface area (Å²) >= 11 is 1.45. The Bertz CT molecular complexity index is 121. The monoisotopic (exact) mass is 162 g/mol. The van der Waals surface area contributed by atoms with E-state index in [0.29, 0.717) is 21.0 Å². The number of fused-ring (bicyclic) bond motifs is 1. The maximum Gasteiger partial charge on any atom is 0.169 e. The number of hydrogen-bond acceptors (Lipinski definition) is 2. The third-order valence-corrected chi connectivity index (χ3v) is 7.39. The quantitative estimate of drug-likeness (QED) is 0.503. The van der Waals surface area contributed by atoms with Gasteiger partial charge in [-0.3, -0.25) is 0 Å². The lowest BCUT2D eigenvalue weighted by Crippen LogP contribution is -2.32. The summed E-state index contributed by atoms with van der Waals surface area (Å²) in [4.78, 5) is 0. The van der Waals surface area contributed by atoms with Gasteiger partial charge in [0.25, 0.3) is 0 Å². The van der Waals surface area contributed by atoms with Gasteiger partial charge in [0, 0.05) is 11.8 Å². The molecule has 3 heterocycles. The molecular weight excluding hydrogens is 152 g/mol. The molecule has 5 atom stereocenters. The van der Waals surface area contributed by atoms with Crippen molar-refractivity contribution < 1.29 is 4.55 Å². The highest BCUT2D eigenvalue weighted by atomic mass is 32.3. The summed E-state index contributed by atoms with van der Waals surface area (Å²) in [7, 11) is 0. The smallest absolute Gasteiger partial charge is 0.169 e. The molecule has 3 fully saturated rings. The topological polar surface area (TPSA) is 23.1 Å². The first kappa shape index (κ1) is 6.38. The molecule has 2 bridgehead atoms. The fourth-order valence-electron chi connectivity index (χ4n) is 1.49. The number of thioether (sulfide) groups is 1. The summed E-state index contributed by atoms with van der Waals surface area (Å²) in [6, 6.07) is 0. The average Bonchev–Trinajstić information content (AvgIpc) is 2.18. The van der Waals surface area contributed by atoms with Crippen molar-refractivity contribution in [2.24, 2.45) is 11.8 Å². The largest absolute Gasteiger partial charge is 0.615 e. The molecule has 3 aliphatic heterocycles. The molecule has 0 aromatic carbocycles. The Balaban J connectivity index is 2.18. The minimum Gasteiger partial charge on any atom is -0.615 e. The zero-order valence-corrected chi connectivity index (χ0v) is 7.17. The molecule has 0 saturated carbocycles. The van der Waals surface area contributed by atoms with Gasteiger partial charge in [-0.25, -0.2) is 0 Å². The van der Waals surface area contributed by atoms with Gasteiger partial charge < -0.3 is 4.55 Å². The molecule has 1 unspecified atom stereocenters. The van der Waals surface area contributed by atoms with Crippen LogP contribution in [0.3, 0.4) is 0 Å². The van der Waals surface area contributed by atoms with Crippen LogP contribution in [0.2, 0.25) is 0 Å². The first-order valence-corrected chi connectivity index (χ1v) is 5.48. The zero-order valence-electron chi connectivity index (χ0n) is 5.53. The third-order valence-electron chi connectivity index (χ3n) is 2.41. The van der Waals surface area contributed by atoms with Crippen molar-refractivity contribution in [3.05, 3.63) is 0 Å². The summed E-state index contributed by atoms with van der Waals surface area (Å²) < 4.78 is 12.1. The molecule has 9 heavy (non-hydrogen) atoms. The first-order chi connectivity index (χ1) is 4.22. The van der Waals surface area contributed by atoms with Crippen molar-refractivity contribution in [2.45, 2.75) is 23.0 Å². The molecule has 0 amide bonds. The Morgan fingerprint density at radius 3 is 1.78 bits per heavy atom. The second-order valence-electron chi connectivity index (χ2n) is 2.92. The van der Waals surface area contributed by atoms with Crippen LogP contribution < -0.4 is 0 Å². The molecule has 0 aromatic rings. The Morgan fingerprint density at radius 1 is 1.22 bits per heavy atom. The summed E-state index contributed by atoms with van der Waals surface area (Å²) in [5.74, 6) is 1.39. The lowest BCUT2D eigenvalue weighted by atomic mass is 10.0. The average molecular weight is 162 g/mol. The summed E-state index contributed by atoms with van der Waals surface area (Å²) in [5.41, 5.74) is 0. The Labute approximate surface area is 62.8 Å². The van der Waals surface area contributed by atoms with Crippen molar-refractivity contribution in [3.8, 4) is 0 Å². The minimum absolute atomic E-state index is 0.468. The van der Waals surface area contributed by atoms with Gasteiger partial charge in [0.15, 0.2) is 9.16 Å². The normalized spacial score (nSPS) is 63.7. The molecule has 52 valence electrons. The summed E-state index contributed by atoms with van der Waals surface area (Å²) in [6.45, 7) is 4.43. The molecule has 0 aliphatic carbocycles. The highest BCUT2D eigenvalue weighted by molar-refractivity contribution is 8.30. The maximum atomic E-state index is 11.1. The van der Waals surface area contributed by atoms with Gasteiger partial charge in [-0.2, -0.15) is 0 Å². The molecule has 3 aliphatic rings. The minimum atomic E-state index is -0.468. The van der Waals surface area contributed by atoms with Crippen LogP contribution in [-0.2, 0) is 11.2 Å². The molecule has 3 heteroatoms. The van der Waals surface area contributed by atoms with E-state index in [1.807, 2.05) is 11.8 Å². The standard InChI is InChI=1S/C6H10OS2/c1-3-4(2)6-8-5(3)9(6)7/h3-6H,1-2H3/t3-,4+,5-,6+,9?. The van der Waals surface area contributed by atoms with E-state index in [9.17, 15) is 4.55 Å². The van der Waals surface area contributed by atoms with Crippen LogP contribution >= 0.6 is 11.8 Å². The van der Waals surface area contributed by atoms with E-state index in [0.717, 1.165) is 0 Å². The molecule has 0 N–H and O–H groups in total. The number of hydrogen-bond donors (Lipinski definition) is 0. The van der Waals surface area contributed by atoms with Crippen molar-refractivity contribution >= 4 is 22.9 Å². The zero-order chi connectivity index (χ0) is 6.59. The van der Waals surface area contributed by atoms with Crippen molar-refractivity contribution in [1.29, 1.82) is 0 Å². The molecule has 3 rings (SSSR count). The Kier molecular flexibility index (Phi) is 1.30. The van der Waals surface area contributed by atoms with Gasteiger partial charge in [0.05, 0.1) is 0 Å². The first-order valence-electron chi connectivity index (χ1n) is 3.26. The van der Waals surface area contributed by atoms with Crippen LogP contribution in [0.15, 0.2) is 0 Å². The Hall–Kier alpha value is 0.660. The lowest BCUT2D eigenvalue weighted by Gasteiger charge is -2.28. The lowest BCUT2D eigenvalue weighted by molar-refractivity contribution is 0.491. The molecule has 1 nitrogen and oxygen atoms in total. The predicted molar refractivity (Wildman–Crippen MR) is 41.6 cm³/mol. The van der Waals surface area contributed by atoms with E-state index in [1.54, 1.807) is 0 Å². The van der Waals surface area contributed by atoms with Crippen molar-refractivity contribution in [3.63, 3.8) is 0 Å². The molecule has 0 aromatic heterocycles. The number of rotatable bonds is 0. The predicted octanol–water partition coefficient (Wildman–Crippen LogP) is 1.42. The van der Waals surface area contributed by atoms with Crippen LogP contribution in [0.4, 0.5) is 0 Å².